The van der Waals surface area contributed by atoms with Gasteiger partial charge in [0.25, 0.3) is 11.8 Å². The Hall–Kier alpha value is -3.81. The monoisotopic (exact) mass is 479 g/mol. The van der Waals surface area contributed by atoms with Crippen LogP contribution in [0.2, 0.25) is 0 Å². The first-order valence-corrected chi connectivity index (χ1v) is 11.5. The predicted molar refractivity (Wildman–Crippen MR) is 127 cm³/mol. The first kappa shape index (κ1) is 24.3. The maximum absolute atomic E-state index is 14.1. The molecule has 1 N–H and O–H groups in total. The number of halogens is 2. The average Bonchev–Trinajstić information content (AvgIpc) is 2.87. The molecule has 0 bridgehead atoms. The summed E-state index contributed by atoms with van der Waals surface area (Å²) in [6.07, 6.45) is 1.17. The number of aryl methyl sites for hydroxylation is 1. The third kappa shape index (κ3) is 5.65. The van der Waals surface area contributed by atoms with E-state index in [0.717, 1.165) is 23.1 Å². The van der Waals surface area contributed by atoms with E-state index < -0.39 is 17.5 Å². The summed E-state index contributed by atoms with van der Waals surface area (Å²) in [6, 6.07) is 14.0. The van der Waals surface area contributed by atoms with Crippen LogP contribution < -0.4 is 10.1 Å². The molecule has 2 heterocycles. The zero-order valence-electron chi connectivity index (χ0n) is 19.7. The second-order valence-corrected chi connectivity index (χ2v) is 8.61. The fourth-order valence-corrected chi connectivity index (χ4v) is 4.33. The average molecular weight is 480 g/mol. The normalized spacial score (nSPS) is 14.0. The number of rotatable bonds is 6. The maximum Gasteiger partial charge on any atom is 0.256 e. The summed E-state index contributed by atoms with van der Waals surface area (Å²) in [6.45, 7) is 3.00. The van der Waals surface area contributed by atoms with Gasteiger partial charge in [0, 0.05) is 37.3 Å². The number of benzene rings is 2. The van der Waals surface area contributed by atoms with Crippen molar-refractivity contribution in [3.63, 3.8) is 0 Å². The molecule has 0 spiro atoms. The Kier molecular flexibility index (Phi) is 7.39. The molecular formula is C27H27F2N3O3. The number of hydrogen-bond acceptors (Lipinski definition) is 4. The minimum Gasteiger partial charge on any atom is -0.497 e. The van der Waals surface area contributed by atoms with E-state index in [9.17, 15) is 18.4 Å². The number of likely N-dealkylation sites (tertiary alicyclic amines) is 1. The molecule has 0 saturated carbocycles. The molecule has 6 nitrogen and oxygen atoms in total. The van der Waals surface area contributed by atoms with Gasteiger partial charge in [-0.2, -0.15) is 0 Å². The molecule has 1 saturated heterocycles. The van der Waals surface area contributed by atoms with E-state index in [1.54, 1.807) is 24.1 Å². The van der Waals surface area contributed by atoms with E-state index in [1.807, 2.05) is 31.2 Å². The van der Waals surface area contributed by atoms with Crippen molar-refractivity contribution < 1.29 is 23.1 Å². The first-order valence-electron chi connectivity index (χ1n) is 11.5. The van der Waals surface area contributed by atoms with Gasteiger partial charge in [-0.15, -0.1) is 0 Å². The van der Waals surface area contributed by atoms with E-state index in [0.29, 0.717) is 49.8 Å². The van der Waals surface area contributed by atoms with E-state index >= 15 is 0 Å². The largest absolute Gasteiger partial charge is 0.497 e. The molecular weight excluding hydrogens is 452 g/mol. The van der Waals surface area contributed by atoms with Crippen molar-refractivity contribution in [2.45, 2.75) is 32.2 Å². The summed E-state index contributed by atoms with van der Waals surface area (Å²) in [5, 5.41) is 2.95. The smallest absolute Gasteiger partial charge is 0.256 e. The van der Waals surface area contributed by atoms with Crippen LogP contribution in [0.15, 0.2) is 54.6 Å². The number of nitrogens with one attached hydrogen (secondary N) is 1. The van der Waals surface area contributed by atoms with Gasteiger partial charge in [-0.25, -0.2) is 8.78 Å². The number of carbonyl (C=O) groups excluding carboxylic acids is 2. The van der Waals surface area contributed by atoms with Crippen LogP contribution in [0.5, 0.6) is 5.75 Å². The molecule has 182 valence electrons. The minimum absolute atomic E-state index is 0.0189. The SMILES string of the molecule is COc1cccc(CNC(=O)c2ccc(C)nc2C2CCN(C(=O)c3ccc(F)cc3F)CC2)c1. The fraction of sp³-hybridized carbons (Fsp3) is 0.296. The number of pyridine rings is 1. The summed E-state index contributed by atoms with van der Waals surface area (Å²) < 4.78 is 32.5. The van der Waals surface area contributed by atoms with Crippen molar-refractivity contribution in [2.75, 3.05) is 20.2 Å². The number of methoxy groups -OCH3 is 1. The molecule has 0 unspecified atom stereocenters. The van der Waals surface area contributed by atoms with Crippen molar-refractivity contribution in [3.05, 3.63) is 94.3 Å². The Labute approximate surface area is 202 Å². The highest BCUT2D eigenvalue weighted by Crippen LogP contribution is 2.30. The van der Waals surface area contributed by atoms with Crippen molar-refractivity contribution in [2.24, 2.45) is 0 Å². The van der Waals surface area contributed by atoms with Crippen molar-refractivity contribution in [3.8, 4) is 5.75 Å². The van der Waals surface area contributed by atoms with Crippen molar-refractivity contribution in [1.82, 2.24) is 15.2 Å². The van der Waals surface area contributed by atoms with Crippen molar-refractivity contribution in [1.29, 1.82) is 0 Å². The molecule has 1 aliphatic rings. The number of aromatic nitrogens is 1. The summed E-state index contributed by atoms with van der Waals surface area (Å²) in [5.74, 6) is -1.57. The van der Waals surface area contributed by atoms with E-state index in [2.05, 4.69) is 10.3 Å². The lowest BCUT2D eigenvalue weighted by Gasteiger charge is -2.32. The number of hydrogen-bond donors (Lipinski definition) is 1. The Bertz CT molecular complexity index is 1240. The lowest BCUT2D eigenvalue weighted by atomic mass is 9.89. The molecule has 2 amide bonds. The molecule has 3 aromatic rings. The van der Waals surface area contributed by atoms with Crippen LogP contribution in [0.4, 0.5) is 8.78 Å². The van der Waals surface area contributed by atoms with Gasteiger partial charge >= 0.3 is 0 Å². The van der Waals surface area contributed by atoms with Crippen molar-refractivity contribution >= 4 is 11.8 Å². The van der Waals surface area contributed by atoms with Gasteiger partial charge < -0.3 is 15.0 Å². The molecule has 0 atom stereocenters. The van der Waals surface area contributed by atoms with Crippen LogP contribution in [0, 0.1) is 18.6 Å². The molecule has 2 aromatic carbocycles. The molecule has 8 heteroatoms. The van der Waals surface area contributed by atoms with E-state index in [-0.39, 0.29) is 17.4 Å². The lowest BCUT2D eigenvalue weighted by Crippen LogP contribution is -2.39. The van der Waals surface area contributed by atoms with Gasteiger partial charge in [0.1, 0.15) is 17.4 Å². The number of nitrogens with zero attached hydrogens (tertiary/aromatic N) is 2. The van der Waals surface area contributed by atoms with E-state index in [4.69, 9.17) is 4.74 Å². The Morgan fingerprint density at radius 2 is 1.80 bits per heavy atom. The van der Waals surface area contributed by atoms with Gasteiger partial charge in [-0.1, -0.05) is 12.1 Å². The molecule has 0 radical (unpaired) electrons. The highest BCUT2D eigenvalue weighted by Gasteiger charge is 2.29. The molecule has 35 heavy (non-hydrogen) atoms. The minimum atomic E-state index is -0.868. The highest BCUT2D eigenvalue weighted by molar-refractivity contribution is 5.96. The van der Waals surface area contributed by atoms with E-state index in [1.165, 1.54) is 6.07 Å². The zero-order chi connectivity index (χ0) is 24.9. The first-order chi connectivity index (χ1) is 16.9. The quantitative estimate of drug-likeness (QED) is 0.560. The van der Waals surface area contributed by atoms with Crippen LogP contribution in [0.25, 0.3) is 0 Å². The van der Waals surface area contributed by atoms with Crippen LogP contribution in [0.3, 0.4) is 0 Å². The van der Waals surface area contributed by atoms with Crippen LogP contribution in [-0.2, 0) is 6.54 Å². The number of ether oxygens (including phenoxy) is 1. The van der Waals surface area contributed by atoms with Gasteiger partial charge in [0.05, 0.1) is 23.9 Å². The summed E-state index contributed by atoms with van der Waals surface area (Å²) in [4.78, 5) is 32.0. The summed E-state index contributed by atoms with van der Waals surface area (Å²) >= 11 is 0. The third-order valence-electron chi connectivity index (χ3n) is 6.23. The molecule has 1 aliphatic heterocycles. The number of amides is 2. The second kappa shape index (κ2) is 10.6. The molecule has 1 fully saturated rings. The third-order valence-corrected chi connectivity index (χ3v) is 6.23. The van der Waals surface area contributed by atoms with Gasteiger partial charge in [-0.3, -0.25) is 14.6 Å². The van der Waals surface area contributed by atoms with Crippen LogP contribution >= 0.6 is 0 Å². The lowest BCUT2D eigenvalue weighted by molar-refractivity contribution is 0.0705. The Morgan fingerprint density at radius 3 is 2.51 bits per heavy atom. The second-order valence-electron chi connectivity index (χ2n) is 8.61. The molecule has 0 aliphatic carbocycles. The molecule has 1 aromatic heterocycles. The number of piperidine rings is 1. The van der Waals surface area contributed by atoms with Gasteiger partial charge in [-0.05, 0) is 61.7 Å². The highest BCUT2D eigenvalue weighted by atomic mass is 19.1. The molecule has 4 rings (SSSR count). The maximum atomic E-state index is 14.1. The Balaban J connectivity index is 1.44. The van der Waals surface area contributed by atoms with Gasteiger partial charge in [0.15, 0.2) is 0 Å². The number of carbonyl (C=O) groups is 2. The predicted octanol–water partition coefficient (Wildman–Crippen LogP) is 4.63. The fourth-order valence-electron chi connectivity index (χ4n) is 4.33. The zero-order valence-corrected chi connectivity index (χ0v) is 19.7. The Morgan fingerprint density at radius 1 is 1.06 bits per heavy atom. The van der Waals surface area contributed by atoms with Gasteiger partial charge in [0.2, 0.25) is 0 Å². The van der Waals surface area contributed by atoms with Crippen LogP contribution in [0.1, 0.15) is 56.4 Å². The van der Waals surface area contributed by atoms with Crippen LogP contribution in [-0.4, -0.2) is 41.9 Å². The topological polar surface area (TPSA) is 71.5 Å². The standard InChI is InChI=1S/C27H27F2N3O3/c1-17-6-8-23(26(33)30-16-18-4-3-5-21(14-18)35-2)25(31-17)19-10-12-32(13-11-19)27(34)22-9-7-20(28)15-24(22)29/h3-9,14-15,19H,10-13,16H2,1-2H3,(H,30,33). The summed E-state index contributed by atoms with van der Waals surface area (Å²) in [5.41, 5.74) is 2.78. The summed E-state index contributed by atoms with van der Waals surface area (Å²) in [7, 11) is 1.59.